The van der Waals surface area contributed by atoms with Crippen LogP contribution in [0.5, 0.6) is 0 Å². The molecular formula is C16H29ClN2O. The van der Waals surface area contributed by atoms with E-state index >= 15 is 0 Å². The Balaban J connectivity index is 0.00000147. The minimum absolute atomic E-state index is 0. The molecule has 3 nitrogen and oxygen atoms in total. The molecule has 0 radical (unpaired) electrons. The number of amides is 1. The predicted molar refractivity (Wildman–Crippen MR) is 83.8 cm³/mol. The summed E-state index contributed by atoms with van der Waals surface area (Å²) in [4.78, 5) is 12.6. The van der Waals surface area contributed by atoms with Crippen molar-refractivity contribution >= 4 is 18.3 Å². The molecule has 0 saturated heterocycles. The van der Waals surface area contributed by atoms with Crippen molar-refractivity contribution in [2.45, 2.75) is 76.3 Å². The average molecular weight is 301 g/mol. The van der Waals surface area contributed by atoms with Crippen LogP contribution in [0.4, 0.5) is 0 Å². The molecular weight excluding hydrogens is 272 g/mol. The van der Waals surface area contributed by atoms with Gasteiger partial charge in [0.1, 0.15) is 0 Å². The molecule has 0 aromatic heterocycles. The van der Waals surface area contributed by atoms with Crippen LogP contribution in [0.25, 0.3) is 0 Å². The first-order valence-electron chi connectivity index (χ1n) is 8.21. The number of hydrogen-bond acceptors (Lipinski definition) is 2. The summed E-state index contributed by atoms with van der Waals surface area (Å²) < 4.78 is 0. The fourth-order valence-corrected chi connectivity index (χ4v) is 4.54. The van der Waals surface area contributed by atoms with Crippen LogP contribution in [-0.4, -0.2) is 17.5 Å². The summed E-state index contributed by atoms with van der Waals surface area (Å²) in [6.45, 7) is 2.20. The van der Waals surface area contributed by atoms with Gasteiger partial charge in [0.05, 0.1) is 0 Å². The molecule has 20 heavy (non-hydrogen) atoms. The van der Waals surface area contributed by atoms with Gasteiger partial charge >= 0.3 is 0 Å². The van der Waals surface area contributed by atoms with Gasteiger partial charge in [0.25, 0.3) is 0 Å². The molecule has 3 fully saturated rings. The van der Waals surface area contributed by atoms with Crippen LogP contribution in [0.1, 0.15) is 64.7 Å². The second-order valence-electron chi connectivity index (χ2n) is 7.17. The summed E-state index contributed by atoms with van der Waals surface area (Å²) in [6.07, 6.45) is 10.6. The molecule has 3 saturated carbocycles. The highest BCUT2D eigenvalue weighted by atomic mass is 35.5. The van der Waals surface area contributed by atoms with E-state index in [0.29, 0.717) is 23.8 Å². The highest BCUT2D eigenvalue weighted by molar-refractivity contribution is 5.85. The second kappa shape index (κ2) is 6.23. The zero-order valence-electron chi connectivity index (χ0n) is 12.6. The molecule has 3 aliphatic carbocycles. The van der Waals surface area contributed by atoms with Crippen LogP contribution in [0.2, 0.25) is 0 Å². The predicted octanol–water partition coefficient (Wildman–Crippen LogP) is 3.01. The molecule has 2 atom stereocenters. The Morgan fingerprint density at radius 1 is 1.20 bits per heavy atom. The smallest absolute Gasteiger partial charge is 0.223 e. The van der Waals surface area contributed by atoms with E-state index in [0.717, 1.165) is 19.3 Å². The van der Waals surface area contributed by atoms with Gasteiger partial charge in [0, 0.05) is 17.5 Å². The van der Waals surface area contributed by atoms with Gasteiger partial charge in [0.2, 0.25) is 5.91 Å². The van der Waals surface area contributed by atoms with Gasteiger partial charge in [0.15, 0.2) is 0 Å². The number of fused-ring (bicyclic) bond motifs is 2. The van der Waals surface area contributed by atoms with E-state index < -0.39 is 0 Å². The summed E-state index contributed by atoms with van der Waals surface area (Å²) in [5.41, 5.74) is 6.45. The third kappa shape index (κ3) is 2.85. The maximum Gasteiger partial charge on any atom is 0.223 e. The lowest BCUT2D eigenvalue weighted by Crippen LogP contribution is -2.56. The van der Waals surface area contributed by atoms with Crippen molar-refractivity contribution in [2.24, 2.45) is 23.5 Å². The van der Waals surface area contributed by atoms with E-state index in [1.54, 1.807) is 0 Å². The number of rotatable bonds is 3. The molecule has 2 bridgehead atoms. The molecule has 0 aromatic carbocycles. The molecule has 4 heteroatoms. The summed E-state index contributed by atoms with van der Waals surface area (Å²) >= 11 is 0. The largest absolute Gasteiger partial charge is 0.350 e. The fourth-order valence-electron chi connectivity index (χ4n) is 4.54. The van der Waals surface area contributed by atoms with E-state index in [-0.39, 0.29) is 23.9 Å². The molecule has 116 valence electrons. The van der Waals surface area contributed by atoms with Gasteiger partial charge in [-0.1, -0.05) is 13.3 Å². The standard InChI is InChI=1S/C16H28N2O.ClH/c1-2-16(7-4-8-16)18-15(19)13-9-11-5-3-6-12(10-13)14(11)17;/h11-14H,2-10,17H2,1H3,(H,18,19);1H. The lowest BCUT2D eigenvalue weighted by molar-refractivity contribution is -0.131. The maximum absolute atomic E-state index is 12.6. The van der Waals surface area contributed by atoms with Crippen LogP contribution in [0.15, 0.2) is 0 Å². The molecule has 0 heterocycles. The SMILES string of the molecule is CCC1(NC(=O)C2CC3CCCC(C2)C3N)CCC1.Cl. The van der Waals surface area contributed by atoms with Crippen molar-refractivity contribution in [3.05, 3.63) is 0 Å². The first-order chi connectivity index (χ1) is 9.13. The van der Waals surface area contributed by atoms with Crippen LogP contribution >= 0.6 is 12.4 Å². The number of hydrogen-bond donors (Lipinski definition) is 2. The Bertz CT molecular complexity index is 337. The van der Waals surface area contributed by atoms with Crippen molar-refractivity contribution in [1.82, 2.24) is 5.32 Å². The highest BCUT2D eigenvalue weighted by Gasteiger charge is 2.43. The van der Waals surface area contributed by atoms with Gasteiger partial charge in [-0.25, -0.2) is 0 Å². The van der Waals surface area contributed by atoms with Crippen molar-refractivity contribution in [3.8, 4) is 0 Å². The summed E-state index contributed by atoms with van der Waals surface area (Å²) in [7, 11) is 0. The van der Waals surface area contributed by atoms with Crippen molar-refractivity contribution in [2.75, 3.05) is 0 Å². The minimum Gasteiger partial charge on any atom is -0.350 e. The Morgan fingerprint density at radius 2 is 1.80 bits per heavy atom. The zero-order chi connectivity index (χ0) is 13.5. The number of halogens is 1. The van der Waals surface area contributed by atoms with Crippen molar-refractivity contribution in [1.29, 1.82) is 0 Å². The van der Waals surface area contributed by atoms with E-state index in [4.69, 9.17) is 5.73 Å². The number of carbonyl (C=O) groups excluding carboxylic acids is 1. The monoisotopic (exact) mass is 300 g/mol. The molecule has 1 amide bonds. The van der Waals surface area contributed by atoms with E-state index in [1.165, 1.54) is 38.5 Å². The van der Waals surface area contributed by atoms with Gasteiger partial charge in [-0.2, -0.15) is 0 Å². The lowest BCUT2D eigenvalue weighted by atomic mass is 9.64. The molecule has 0 spiro atoms. The Kier molecular flexibility index (Phi) is 5.01. The Morgan fingerprint density at radius 3 is 2.25 bits per heavy atom. The Labute approximate surface area is 128 Å². The summed E-state index contributed by atoms with van der Waals surface area (Å²) in [6, 6.07) is 0.363. The number of nitrogens with two attached hydrogens (primary N) is 1. The van der Waals surface area contributed by atoms with Gasteiger partial charge < -0.3 is 11.1 Å². The van der Waals surface area contributed by atoms with E-state index in [1.807, 2.05) is 0 Å². The topological polar surface area (TPSA) is 55.1 Å². The van der Waals surface area contributed by atoms with Crippen LogP contribution in [0, 0.1) is 17.8 Å². The molecule has 2 unspecified atom stereocenters. The number of nitrogens with one attached hydrogen (secondary N) is 1. The third-order valence-electron chi connectivity index (χ3n) is 6.16. The molecule has 3 N–H and O–H groups in total. The van der Waals surface area contributed by atoms with Crippen molar-refractivity contribution < 1.29 is 4.79 Å². The summed E-state index contributed by atoms with van der Waals surface area (Å²) in [5.74, 6) is 1.76. The van der Waals surface area contributed by atoms with Gasteiger partial charge in [-0.15, -0.1) is 12.4 Å². The first kappa shape index (κ1) is 16.1. The molecule has 3 aliphatic rings. The maximum atomic E-state index is 12.6. The fraction of sp³-hybridized carbons (Fsp3) is 0.938. The van der Waals surface area contributed by atoms with Crippen molar-refractivity contribution in [3.63, 3.8) is 0 Å². The summed E-state index contributed by atoms with van der Waals surface area (Å²) in [5, 5.41) is 3.37. The molecule has 0 aliphatic heterocycles. The normalized spacial score (nSPS) is 38.3. The van der Waals surface area contributed by atoms with E-state index in [2.05, 4.69) is 12.2 Å². The van der Waals surface area contributed by atoms with Gasteiger partial charge in [-0.05, 0) is 63.2 Å². The zero-order valence-corrected chi connectivity index (χ0v) is 13.4. The van der Waals surface area contributed by atoms with Crippen LogP contribution in [-0.2, 0) is 4.79 Å². The highest BCUT2D eigenvalue weighted by Crippen LogP contribution is 2.43. The minimum atomic E-state index is 0. The quantitative estimate of drug-likeness (QED) is 0.842. The average Bonchev–Trinajstić information content (AvgIpc) is 2.33. The van der Waals surface area contributed by atoms with Crippen LogP contribution in [0.3, 0.4) is 0 Å². The van der Waals surface area contributed by atoms with Gasteiger partial charge in [-0.3, -0.25) is 4.79 Å². The number of carbonyl (C=O) groups is 1. The second-order valence-corrected chi connectivity index (χ2v) is 7.17. The molecule has 0 aromatic rings. The Hall–Kier alpha value is -0.280. The first-order valence-corrected chi connectivity index (χ1v) is 8.21. The van der Waals surface area contributed by atoms with E-state index in [9.17, 15) is 4.79 Å². The third-order valence-corrected chi connectivity index (χ3v) is 6.16. The van der Waals surface area contributed by atoms with Crippen LogP contribution < -0.4 is 11.1 Å². The molecule has 3 rings (SSSR count). The lowest BCUT2D eigenvalue weighted by Gasteiger charge is -2.46.